The number of benzene rings is 1. The fraction of sp³-hybridized carbons (Fsp3) is 0.389. The van der Waals surface area contributed by atoms with Gasteiger partial charge in [0.05, 0.1) is 11.0 Å². The molecule has 1 amide bonds. The zero-order valence-corrected chi connectivity index (χ0v) is 13.9. The molecule has 0 saturated carbocycles. The lowest BCUT2D eigenvalue weighted by atomic mass is 10.1. The molecule has 0 atom stereocenters. The van der Waals surface area contributed by atoms with Crippen molar-refractivity contribution in [3.05, 3.63) is 52.2 Å². The van der Waals surface area contributed by atoms with Crippen molar-refractivity contribution in [2.75, 3.05) is 25.0 Å². The third-order valence-electron chi connectivity index (χ3n) is 4.23. The van der Waals surface area contributed by atoms with Crippen LogP contribution in [0.5, 0.6) is 0 Å². The first-order valence-electron chi connectivity index (χ1n) is 8.05. The summed E-state index contributed by atoms with van der Waals surface area (Å²) in [5, 5.41) is 14.3. The Hall–Kier alpha value is -1.69. The number of anilines is 1. The van der Waals surface area contributed by atoms with Gasteiger partial charge in [0.1, 0.15) is 0 Å². The molecule has 122 valence electrons. The van der Waals surface area contributed by atoms with Crippen molar-refractivity contribution >= 4 is 22.9 Å². The summed E-state index contributed by atoms with van der Waals surface area (Å²) in [6.45, 7) is 2.99. The first-order valence-corrected chi connectivity index (χ1v) is 8.93. The number of hydrogen-bond acceptors (Lipinski definition) is 4. The van der Waals surface area contributed by atoms with Crippen LogP contribution in [-0.2, 0) is 6.42 Å². The van der Waals surface area contributed by atoms with Crippen LogP contribution in [0.1, 0.15) is 28.1 Å². The Balaban J connectivity index is 1.48. The molecule has 1 aliphatic heterocycles. The van der Waals surface area contributed by atoms with Crippen molar-refractivity contribution in [1.29, 1.82) is 0 Å². The Morgan fingerprint density at radius 1 is 1.22 bits per heavy atom. The monoisotopic (exact) mass is 330 g/mol. The zero-order valence-electron chi connectivity index (χ0n) is 13.1. The number of aliphatic hydroxyl groups is 1. The van der Waals surface area contributed by atoms with Crippen LogP contribution >= 0.6 is 11.3 Å². The highest BCUT2D eigenvalue weighted by Gasteiger charge is 2.16. The second kappa shape index (κ2) is 7.73. The second-order valence-electron chi connectivity index (χ2n) is 5.95. The SMILES string of the molecule is O=C(Nc1ccc(CCN2CCC(O)CC2)cc1)c1cccs1. The number of likely N-dealkylation sites (tertiary alicyclic amines) is 1. The molecule has 0 spiro atoms. The first kappa shape index (κ1) is 16.2. The summed E-state index contributed by atoms with van der Waals surface area (Å²) in [7, 11) is 0. The summed E-state index contributed by atoms with van der Waals surface area (Å²) < 4.78 is 0. The molecule has 1 saturated heterocycles. The smallest absolute Gasteiger partial charge is 0.265 e. The molecule has 3 rings (SSSR count). The average Bonchev–Trinajstić information content (AvgIpc) is 3.10. The summed E-state index contributed by atoms with van der Waals surface area (Å²) in [5.74, 6) is -0.0559. The summed E-state index contributed by atoms with van der Waals surface area (Å²) in [6, 6.07) is 11.8. The Bertz CT molecular complexity index is 617. The van der Waals surface area contributed by atoms with E-state index in [9.17, 15) is 9.90 Å². The molecule has 2 N–H and O–H groups in total. The molecule has 4 nitrogen and oxygen atoms in total. The van der Waals surface area contributed by atoms with Gasteiger partial charge in [-0.1, -0.05) is 18.2 Å². The van der Waals surface area contributed by atoms with Crippen molar-refractivity contribution in [1.82, 2.24) is 4.90 Å². The lowest BCUT2D eigenvalue weighted by molar-refractivity contribution is 0.0832. The maximum Gasteiger partial charge on any atom is 0.265 e. The molecule has 2 heterocycles. The normalized spacial score (nSPS) is 16.4. The van der Waals surface area contributed by atoms with E-state index in [1.165, 1.54) is 16.9 Å². The van der Waals surface area contributed by atoms with Crippen LogP contribution < -0.4 is 5.32 Å². The van der Waals surface area contributed by atoms with Crippen molar-refractivity contribution in [3.63, 3.8) is 0 Å². The van der Waals surface area contributed by atoms with Gasteiger partial charge >= 0.3 is 0 Å². The number of carbonyl (C=O) groups excluding carboxylic acids is 1. The number of piperidine rings is 1. The summed E-state index contributed by atoms with van der Waals surface area (Å²) >= 11 is 1.44. The highest BCUT2D eigenvalue weighted by atomic mass is 32.1. The quantitative estimate of drug-likeness (QED) is 0.886. The third kappa shape index (κ3) is 4.64. The molecule has 1 fully saturated rings. The van der Waals surface area contributed by atoms with Crippen LogP contribution in [0, 0.1) is 0 Å². The number of nitrogens with one attached hydrogen (secondary N) is 1. The minimum Gasteiger partial charge on any atom is -0.393 e. The van der Waals surface area contributed by atoms with Gasteiger partial charge in [-0.2, -0.15) is 0 Å². The highest BCUT2D eigenvalue weighted by molar-refractivity contribution is 7.12. The van der Waals surface area contributed by atoms with Gasteiger partial charge in [0.25, 0.3) is 5.91 Å². The number of carbonyl (C=O) groups is 1. The maximum atomic E-state index is 12.0. The number of nitrogens with zero attached hydrogens (tertiary/aromatic N) is 1. The molecular weight excluding hydrogens is 308 g/mol. The number of rotatable bonds is 5. The van der Waals surface area contributed by atoms with E-state index in [2.05, 4.69) is 22.3 Å². The Morgan fingerprint density at radius 2 is 1.96 bits per heavy atom. The molecule has 0 unspecified atom stereocenters. The highest BCUT2D eigenvalue weighted by Crippen LogP contribution is 2.15. The summed E-state index contributed by atoms with van der Waals surface area (Å²) in [6.07, 6.45) is 2.65. The number of thiophene rings is 1. The Kier molecular flexibility index (Phi) is 5.43. The van der Waals surface area contributed by atoms with Gasteiger partial charge in [0.2, 0.25) is 0 Å². The fourth-order valence-corrected chi connectivity index (χ4v) is 3.40. The van der Waals surface area contributed by atoms with Crippen molar-refractivity contribution in [3.8, 4) is 0 Å². The third-order valence-corrected chi connectivity index (χ3v) is 5.10. The maximum absolute atomic E-state index is 12.0. The molecule has 5 heteroatoms. The second-order valence-corrected chi connectivity index (χ2v) is 6.90. The van der Waals surface area contributed by atoms with E-state index >= 15 is 0 Å². The predicted molar refractivity (Wildman–Crippen MR) is 94.1 cm³/mol. The molecular formula is C18H22N2O2S. The first-order chi connectivity index (χ1) is 11.2. The van der Waals surface area contributed by atoms with Gasteiger partial charge in [-0.3, -0.25) is 4.79 Å². The zero-order chi connectivity index (χ0) is 16.1. The molecule has 1 aromatic heterocycles. The Morgan fingerprint density at radius 3 is 2.61 bits per heavy atom. The minimum absolute atomic E-state index is 0.0559. The largest absolute Gasteiger partial charge is 0.393 e. The molecule has 0 bridgehead atoms. The predicted octanol–water partition coefficient (Wildman–Crippen LogP) is 3.00. The van der Waals surface area contributed by atoms with E-state index in [0.29, 0.717) is 0 Å². The lowest BCUT2D eigenvalue weighted by Gasteiger charge is -2.29. The van der Waals surface area contributed by atoms with E-state index in [4.69, 9.17) is 0 Å². The molecule has 2 aromatic rings. The van der Waals surface area contributed by atoms with E-state index in [1.807, 2.05) is 29.6 Å². The van der Waals surface area contributed by atoms with Gasteiger partial charge in [-0.15, -0.1) is 11.3 Å². The molecule has 1 aliphatic rings. The van der Waals surface area contributed by atoms with Crippen molar-refractivity contribution < 1.29 is 9.90 Å². The van der Waals surface area contributed by atoms with E-state index in [-0.39, 0.29) is 12.0 Å². The van der Waals surface area contributed by atoms with Crippen LogP contribution in [-0.4, -0.2) is 41.7 Å². The van der Waals surface area contributed by atoms with Crippen LogP contribution in [0.15, 0.2) is 41.8 Å². The standard InChI is InChI=1S/C18H22N2O2S/c21-16-8-11-20(12-9-16)10-7-14-3-5-15(6-4-14)19-18(22)17-2-1-13-23-17/h1-6,13,16,21H,7-12H2,(H,19,22). The van der Waals surface area contributed by atoms with Gasteiger partial charge in [0.15, 0.2) is 0 Å². The van der Waals surface area contributed by atoms with Gasteiger partial charge in [-0.05, 0) is 48.4 Å². The summed E-state index contributed by atoms with van der Waals surface area (Å²) in [4.78, 5) is 15.1. The molecule has 0 radical (unpaired) electrons. The molecule has 1 aromatic carbocycles. The molecule has 23 heavy (non-hydrogen) atoms. The van der Waals surface area contributed by atoms with Crippen LogP contribution in [0.3, 0.4) is 0 Å². The lowest BCUT2D eigenvalue weighted by Crippen LogP contribution is -2.37. The summed E-state index contributed by atoms with van der Waals surface area (Å²) in [5.41, 5.74) is 2.10. The topological polar surface area (TPSA) is 52.6 Å². The van der Waals surface area contributed by atoms with Crippen LogP contribution in [0.4, 0.5) is 5.69 Å². The van der Waals surface area contributed by atoms with Crippen LogP contribution in [0.25, 0.3) is 0 Å². The van der Waals surface area contributed by atoms with Gasteiger partial charge < -0.3 is 15.3 Å². The van der Waals surface area contributed by atoms with E-state index in [0.717, 1.165) is 49.5 Å². The minimum atomic E-state index is -0.113. The molecule has 0 aliphatic carbocycles. The van der Waals surface area contributed by atoms with E-state index in [1.54, 1.807) is 0 Å². The number of hydrogen-bond donors (Lipinski definition) is 2. The van der Waals surface area contributed by atoms with E-state index < -0.39 is 0 Å². The van der Waals surface area contributed by atoms with Crippen molar-refractivity contribution in [2.24, 2.45) is 0 Å². The fourth-order valence-electron chi connectivity index (χ4n) is 2.79. The van der Waals surface area contributed by atoms with Crippen LogP contribution in [0.2, 0.25) is 0 Å². The van der Waals surface area contributed by atoms with Gasteiger partial charge in [0, 0.05) is 25.3 Å². The van der Waals surface area contributed by atoms with Gasteiger partial charge in [-0.25, -0.2) is 0 Å². The number of aliphatic hydroxyl groups excluding tert-OH is 1. The average molecular weight is 330 g/mol. The Labute approximate surface area is 140 Å². The van der Waals surface area contributed by atoms with Crippen molar-refractivity contribution in [2.45, 2.75) is 25.4 Å². The number of amides is 1.